The first-order chi connectivity index (χ1) is 60.4. The number of pyridine rings is 2. The van der Waals surface area contributed by atoms with Gasteiger partial charge in [-0.2, -0.15) is 0 Å². The van der Waals surface area contributed by atoms with Gasteiger partial charge in [0, 0.05) is 89.1 Å². The zero-order chi connectivity index (χ0) is 91.7. The number of rotatable bonds is 42. The Hall–Kier alpha value is -12.0. The monoisotopic (exact) mass is 1830 g/mol. The van der Waals surface area contributed by atoms with Gasteiger partial charge in [-0.15, -0.1) is 35.8 Å². The van der Waals surface area contributed by atoms with E-state index in [1.807, 2.05) is 62.7 Å². The zero-order valence-electron chi connectivity index (χ0n) is 71.1. The highest BCUT2D eigenvalue weighted by Crippen LogP contribution is 2.47. The van der Waals surface area contributed by atoms with E-state index in [-0.39, 0.29) is 113 Å². The fourth-order valence-electron chi connectivity index (χ4n) is 13.8. The highest BCUT2D eigenvalue weighted by Gasteiger charge is 2.63. The highest BCUT2D eigenvalue weighted by molar-refractivity contribution is 7.90. The maximum atomic E-state index is 14.4. The van der Waals surface area contributed by atoms with E-state index in [4.69, 9.17) is 72.8 Å². The lowest BCUT2D eigenvalue weighted by Gasteiger charge is -2.29. The second-order valence-corrected chi connectivity index (χ2v) is 36.6. The number of aromatic nitrogens is 4. The Balaban J connectivity index is 0.000000248. The first-order valence-electron chi connectivity index (χ1n) is 40.5. The van der Waals surface area contributed by atoms with Gasteiger partial charge in [0.25, 0.3) is 31.9 Å². The molecule has 4 aromatic heterocycles. The number of aliphatic carboxylic acids is 2. The number of benzene rings is 4. The number of carboxylic acids is 2. The Kier molecular flexibility index (Phi) is 31.7. The number of nitrogens with one attached hydrogen (secondary N) is 9. The van der Waals surface area contributed by atoms with Crippen LogP contribution < -0.4 is 65.6 Å². The molecule has 0 radical (unpaired) electrons. The largest absolute Gasteiger partial charge is 0.497 e. The second-order valence-electron chi connectivity index (χ2n) is 31.6. The fourth-order valence-corrected chi connectivity index (χ4v) is 17.9. The van der Waals surface area contributed by atoms with Crippen molar-refractivity contribution in [1.29, 1.82) is 0 Å². The molecule has 0 bridgehead atoms. The molecule has 2 saturated carbocycles. The Morgan fingerprint density at radius 1 is 0.575 bits per heavy atom. The lowest BCUT2D eigenvalue weighted by Crippen LogP contribution is -2.56. The molecule has 4 aromatic carbocycles. The van der Waals surface area contributed by atoms with E-state index in [1.165, 1.54) is 88.3 Å². The Morgan fingerprint density at radius 2 is 1.02 bits per heavy atom. The number of methoxy groups -OCH3 is 2. The molecule has 4 fully saturated rings. The molecule has 0 unspecified atom stereocenters. The SMILES string of the molecule is C=C[C@@H]1C[C@]1(NC(=O)[C@@H]1C[C@@H](Oc2cc(-c3csc(NC(C)C)n3)nc3cc(OC)ccc23)CN1)C(=O)NS(=O)(=O)c1ccccc1NC(=O)COCCOCCC(=O)O.C=C[C@@H]1C[C@]1(NC(=O)[C@@H]1C[C@@H](Oc2cc(-c3csc(NC(C)C)n3)nc3cc(OC)ccc23)CN1C(=O)OC(C)(C)C)C(=O)NS(=O)(=O)c1ccccc1NC(=O)COCCOCCC(=O)O. The van der Waals surface area contributed by atoms with Crippen molar-refractivity contribution < 1.29 is 113 Å². The van der Waals surface area contributed by atoms with E-state index in [0.717, 1.165) is 10.5 Å². The van der Waals surface area contributed by atoms with Crippen LogP contribution >= 0.6 is 22.7 Å². The first kappa shape index (κ1) is 95.6. The molecule has 2 saturated heterocycles. The number of carboxylic acid groups (broad SMARTS) is 2. The third-order valence-corrected chi connectivity index (χ3v) is 24.4. The Labute approximate surface area is 740 Å². The molecule has 6 heterocycles. The first-order valence-corrected chi connectivity index (χ1v) is 45.2. The third-order valence-electron chi connectivity index (χ3n) is 20.1. The van der Waals surface area contributed by atoms with Gasteiger partial charge in [0.05, 0.1) is 113 Å². The molecule has 8 atom stereocenters. The number of thiazole rings is 2. The fraction of sp³-hybridized carbons (Fsp3) is 0.424. The van der Waals surface area contributed by atoms with Crippen molar-refractivity contribution in [1.82, 2.24) is 50.2 Å². The van der Waals surface area contributed by atoms with Crippen molar-refractivity contribution in [3.63, 3.8) is 0 Å². The quantitative estimate of drug-likeness (QED) is 0.0127. The molecule has 8 aromatic rings. The van der Waals surface area contributed by atoms with Crippen LogP contribution in [0.15, 0.2) is 143 Å². The number of hydrogen-bond acceptors (Lipinski definition) is 31. The van der Waals surface area contributed by atoms with Crippen LogP contribution in [0, 0.1) is 11.8 Å². The van der Waals surface area contributed by atoms with Crippen LogP contribution in [0.5, 0.6) is 23.0 Å². The average molecular weight is 1830 g/mol. The summed E-state index contributed by atoms with van der Waals surface area (Å²) < 4.78 is 110. The van der Waals surface area contributed by atoms with Crippen molar-refractivity contribution in [2.45, 2.75) is 150 Å². The molecule has 12 rings (SSSR count). The maximum Gasteiger partial charge on any atom is 0.411 e. The van der Waals surface area contributed by atoms with E-state index >= 15 is 0 Å². The second kappa shape index (κ2) is 42.1. The topological polar surface area (TPSA) is 509 Å². The Morgan fingerprint density at radius 3 is 1.44 bits per heavy atom. The van der Waals surface area contributed by atoms with Crippen molar-refractivity contribution >= 4 is 140 Å². The van der Waals surface area contributed by atoms with Crippen LogP contribution in [0.4, 0.5) is 26.4 Å². The van der Waals surface area contributed by atoms with Crippen LogP contribution in [0.1, 0.15) is 87.0 Å². The minimum Gasteiger partial charge on any atom is -0.497 e. The molecular formula is C85H102N14O24S4. The van der Waals surface area contributed by atoms with Gasteiger partial charge in [-0.3, -0.25) is 43.3 Å². The lowest BCUT2D eigenvalue weighted by molar-refractivity contribution is -0.139. The average Bonchev–Trinajstić information content (AvgIpc) is 1.58. The number of carbonyl (C=O) groups excluding carboxylic acids is 7. The third kappa shape index (κ3) is 25.2. The summed E-state index contributed by atoms with van der Waals surface area (Å²) >= 11 is 2.89. The van der Waals surface area contributed by atoms with Gasteiger partial charge in [0.1, 0.15) is 92.3 Å². The van der Waals surface area contributed by atoms with Crippen LogP contribution in [0.2, 0.25) is 0 Å². The molecule has 680 valence electrons. The van der Waals surface area contributed by atoms with Gasteiger partial charge >= 0.3 is 18.0 Å². The van der Waals surface area contributed by atoms with Crippen molar-refractivity contribution in [2.75, 3.05) is 101 Å². The number of fused-ring (bicyclic) bond motifs is 2. The molecule has 42 heteroatoms. The number of carbonyl (C=O) groups is 9. The van der Waals surface area contributed by atoms with Crippen LogP contribution in [0.25, 0.3) is 44.6 Å². The van der Waals surface area contributed by atoms with Crippen molar-refractivity contribution in [3.8, 4) is 45.8 Å². The summed E-state index contributed by atoms with van der Waals surface area (Å²) in [5.41, 5.74) is -0.991. The summed E-state index contributed by atoms with van der Waals surface area (Å²) in [6, 6.07) is 23.6. The predicted octanol–water partition coefficient (Wildman–Crippen LogP) is 8.27. The summed E-state index contributed by atoms with van der Waals surface area (Å²) in [6.07, 6.45) is 0.833. The lowest BCUT2D eigenvalue weighted by atomic mass is 10.1. The van der Waals surface area contributed by atoms with Crippen LogP contribution in [-0.4, -0.2) is 239 Å². The molecule has 4 aliphatic rings. The number of ether oxygens (including phenoxy) is 9. The molecule has 0 spiro atoms. The van der Waals surface area contributed by atoms with Gasteiger partial charge in [0.2, 0.25) is 23.6 Å². The van der Waals surface area contributed by atoms with E-state index < -0.39 is 144 Å². The number of likely N-dealkylation sites (tertiary alicyclic amines) is 1. The molecule has 127 heavy (non-hydrogen) atoms. The molecule has 2 aliphatic heterocycles. The number of amides is 7. The van der Waals surface area contributed by atoms with Gasteiger partial charge in [-0.05, 0) is 110 Å². The normalized spacial score (nSPS) is 19.4. The molecule has 11 N–H and O–H groups in total. The van der Waals surface area contributed by atoms with Gasteiger partial charge in [-0.1, -0.05) is 36.4 Å². The number of anilines is 4. The van der Waals surface area contributed by atoms with Crippen LogP contribution in [-0.2, 0) is 82.1 Å². The van der Waals surface area contributed by atoms with E-state index in [0.29, 0.717) is 73.9 Å². The van der Waals surface area contributed by atoms with E-state index in [1.54, 1.807) is 59.3 Å². The van der Waals surface area contributed by atoms with E-state index in [9.17, 15) is 60.0 Å². The minimum absolute atomic E-state index is 0.00130. The van der Waals surface area contributed by atoms with Gasteiger partial charge in [-0.25, -0.2) is 51.0 Å². The molecular weight excluding hydrogens is 1730 g/mol. The number of hydrogen-bond donors (Lipinski definition) is 11. The van der Waals surface area contributed by atoms with E-state index in [2.05, 4.69) is 59.8 Å². The zero-order valence-corrected chi connectivity index (χ0v) is 74.4. The number of sulfonamides is 2. The highest BCUT2D eigenvalue weighted by atomic mass is 32.2. The standard InChI is InChI=1S/C45H55N7O13S2.C40H47N7O11S2/c1-8-27-22-45(27,41(57)51-67(59,60)37-12-10-9-11-31(37)48-38(53)24-63-18-17-62-16-15-39(54)55)50-40(56)35-20-29(23-52(35)43(58)65-44(4,5)6)64-36-21-33(34-25-66-42(49-34)46-26(2)3)47-32-19-28(61-7)13-14-30(32)36;1-5-24-19-40(24,38(52)47-60(53,54)34-9-7-6-8-28(34)44-35(48)21-57-15-14-56-13-12-36(49)50)46-37(51)31-17-26(20-41-31)58-33-18-30(32-22-59-39(45-32)42-23(2)3)43-29-16-25(55-4)10-11-27(29)33/h8-14,19,21,25-27,29,35H,1,15-18,20,22-24H2,2-7H3,(H,46,49)(H,48,53)(H,50,56)(H,51,57)(H,54,55);5-11,16,18,22-24,26,31,41H,1,12-15,17,19-21H2,2-4H3,(H,42,45)(H,44,48)(H,46,51)(H,47,52)(H,49,50)/t27-,29-,35+,45-;24-,26-,31+,40-/m11/s1. The van der Waals surface area contributed by atoms with Gasteiger partial charge < -0.3 is 90.1 Å². The Bertz CT molecular complexity index is 5650. The minimum atomic E-state index is -4.68. The molecule has 7 amide bonds. The summed E-state index contributed by atoms with van der Waals surface area (Å²) in [5, 5.41) is 44.2. The van der Waals surface area contributed by atoms with Gasteiger partial charge in [0.15, 0.2) is 10.3 Å². The summed E-state index contributed by atoms with van der Waals surface area (Å²) in [6.45, 7) is 20.0. The molecule has 38 nitrogen and oxygen atoms in total. The van der Waals surface area contributed by atoms with Crippen LogP contribution in [0.3, 0.4) is 0 Å². The summed E-state index contributed by atoms with van der Waals surface area (Å²) in [7, 11) is -6.13. The predicted molar refractivity (Wildman–Crippen MR) is 470 cm³/mol. The summed E-state index contributed by atoms with van der Waals surface area (Å²) in [4.78, 5) is 136. The smallest absolute Gasteiger partial charge is 0.411 e. The maximum absolute atomic E-state index is 14.4. The molecule has 2 aliphatic carbocycles. The summed E-state index contributed by atoms with van der Waals surface area (Å²) in [5.74, 6) is -5.82. The van der Waals surface area contributed by atoms with Crippen molar-refractivity contribution in [2.24, 2.45) is 11.8 Å². The van der Waals surface area contributed by atoms with Crippen molar-refractivity contribution in [3.05, 3.63) is 133 Å². The number of para-hydroxylation sites is 2. The number of nitrogens with zero attached hydrogens (tertiary/aromatic N) is 5.